The highest BCUT2D eigenvalue weighted by Crippen LogP contribution is 2.37. The number of aromatic hydroxyl groups is 1. The highest BCUT2D eigenvalue weighted by Gasteiger charge is 2.17. The molecule has 2 aromatic carbocycles. The Morgan fingerprint density at radius 2 is 1.85 bits per heavy atom. The topological polar surface area (TPSA) is 78.0 Å². The second kappa shape index (κ2) is 6.39. The summed E-state index contributed by atoms with van der Waals surface area (Å²) in [6.45, 7) is 0. The first-order valence-corrected chi connectivity index (χ1v) is 8.69. The summed E-state index contributed by atoms with van der Waals surface area (Å²) in [6.07, 6.45) is 0. The van der Waals surface area contributed by atoms with E-state index in [1.807, 2.05) is 30.3 Å². The van der Waals surface area contributed by atoms with Gasteiger partial charge in [-0.1, -0.05) is 24.3 Å². The predicted octanol–water partition coefficient (Wildman–Crippen LogP) is 4.37. The van der Waals surface area contributed by atoms with Crippen LogP contribution in [0.25, 0.3) is 15.9 Å². The number of hydrogen-bond donors (Lipinski definition) is 2. The number of phenolic OH excluding ortho intramolecular Hbond substituents is 1. The van der Waals surface area contributed by atoms with Crippen molar-refractivity contribution in [2.24, 2.45) is 0 Å². The Hall–Kier alpha value is -3.56. The minimum Gasteiger partial charge on any atom is -0.508 e. The molecule has 0 amide bonds. The fourth-order valence-electron chi connectivity index (χ4n) is 2.83. The monoisotopic (exact) mass is 359 g/mol. The molecule has 0 saturated heterocycles. The fourth-order valence-corrected chi connectivity index (χ4v) is 3.90. The van der Waals surface area contributed by atoms with Gasteiger partial charge in [0.2, 0.25) is 0 Å². The first kappa shape index (κ1) is 15.9. The molecular formula is C20H13N3O2S. The maximum atomic E-state index is 12.5. The van der Waals surface area contributed by atoms with E-state index in [1.54, 1.807) is 34.9 Å². The van der Waals surface area contributed by atoms with Crippen LogP contribution in [0.5, 0.6) is 5.75 Å². The Morgan fingerprint density at radius 3 is 2.58 bits per heavy atom. The molecule has 0 fully saturated rings. The molecule has 0 saturated carbocycles. The Labute approximate surface area is 153 Å². The van der Waals surface area contributed by atoms with E-state index in [2.05, 4.69) is 11.4 Å². The standard InChI is InChI=1S/C20H13N3O2S/c21-12-17-19(22-13-5-4-8-15(24)11-13)16-9-10-18(25)23(20(16)26-17)14-6-2-1-3-7-14/h1-11,22,24H. The van der Waals surface area contributed by atoms with Crippen LogP contribution in [0.3, 0.4) is 0 Å². The molecule has 0 aliphatic rings. The van der Waals surface area contributed by atoms with E-state index < -0.39 is 0 Å². The van der Waals surface area contributed by atoms with Crippen molar-refractivity contribution in [1.82, 2.24) is 4.57 Å². The molecule has 0 unspecified atom stereocenters. The summed E-state index contributed by atoms with van der Waals surface area (Å²) in [5, 5.41) is 23.2. The van der Waals surface area contributed by atoms with E-state index in [-0.39, 0.29) is 11.3 Å². The Bertz CT molecular complexity index is 1200. The molecule has 0 bridgehead atoms. The maximum Gasteiger partial charge on any atom is 0.256 e. The van der Waals surface area contributed by atoms with E-state index in [4.69, 9.17) is 0 Å². The molecule has 2 N–H and O–H groups in total. The van der Waals surface area contributed by atoms with Gasteiger partial charge in [0.1, 0.15) is 21.5 Å². The van der Waals surface area contributed by atoms with E-state index in [0.717, 1.165) is 11.1 Å². The summed E-state index contributed by atoms with van der Waals surface area (Å²) in [7, 11) is 0. The fraction of sp³-hybridized carbons (Fsp3) is 0. The van der Waals surface area contributed by atoms with Gasteiger partial charge < -0.3 is 10.4 Å². The lowest BCUT2D eigenvalue weighted by Crippen LogP contribution is -2.16. The summed E-state index contributed by atoms with van der Waals surface area (Å²) in [5.41, 5.74) is 1.89. The molecule has 4 rings (SSSR count). The van der Waals surface area contributed by atoms with Crippen LogP contribution in [-0.2, 0) is 0 Å². The van der Waals surface area contributed by atoms with E-state index in [9.17, 15) is 15.2 Å². The van der Waals surface area contributed by atoms with Crippen molar-refractivity contribution in [3.05, 3.63) is 82.0 Å². The van der Waals surface area contributed by atoms with Gasteiger partial charge in [-0.2, -0.15) is 5.26 Å². The van der Waals surface area contributed by atoms with E-state index >= 15 is 0 Å². The molecule has 126 valence electrons. The Balaban J connectivity index is 1.95. The molecule has 0 aliphatic carbocycles. The number of phenols is 1. The normalized spacial score (nSPS) is 10.6. The number of pyridine rings is 1. The van der Waals surface area contributed by atoms with Crippen LogP contribution in [0, 0.1) is 11.3 Å². The number of anilines is 2. The highest BCUT2D eigenvalue weighted by atomic mass is 32.1. The average molecular weight is 359 g/mol. The smallest absolute Gasteiger partial charge is 0.256 e. The molecule has 26 heavy (non-hydrogen) atoms. The lowest BCUT2D eigenvalue weighted by atomic mass is 10.2. The Morgan fingerprint density at radius 1 is 1.04 bits per heavy atom. The molecule has 0 radical (unpaired) electrons. The first-order valence-electron chi connectivity index (χ1n) is 7.87. The number of hydrogen-bond acceptors (Lipinski definition) is 5. The molecule has 0 spiro atoms. The minimum atomic E-state index is -0.154. The minimum absolute atomic E-state index is 0.134. The largest absolute Gasteiger partial charge is 0.508 e. The highest BCUT2D eigenvalue weighted by molar-refractivity contribution is 7.20. The van der Waals surface area contributed by atoms with Crippen LogP contribution in [0.15, 0.2) is 71.5 Å². The van der Waals surface area contributed by atoms with Crippen LogP contribution < -0.4 is 10.9 Å². The molecular weight excluding hydrogens is 346 g/mol. The number of fused-ring (bicyclic) bond motifs is 1. The molecule has 5 nitrogen and oxygen atoms in total. The zero-order chi connectivity index (χ0) is 18.1. The zero-order valence-electron chi connectivity index (χ0n) is 13.5. The number of rotatable bonds is 3. The second-order valence-corrected chi connectivity index (χ2v) is 6.65. The van der Waals surface area contributed by atoms with Crippen LogP contribution in [-0.4, -0.2) is 9.67 Å². The lowest BCUT2D eigenvalue weighted by Gasteiger charge is -2.09. The molecule has 0 atom stereocenters. The van der Waals surface area contributed by atoms with Crippen molar-refractivity contribution in [3.63, 3.8) is 0 Å². The van der Waals surface area contributed by atoms with E-state index in [0.29, 0.717) is 21.1 Å². The summed E-state index contributed by atoms with van der Waals surface area (Å²) >= 11 is 1.26. The first-order chi connectivity index (χ1) is 12.7. The van der Waals surface area contributed by atoms with E-state index in [1.165, 1.54) is 17.4 Å². The van der Waals surface area contributed by atoms with Crippen LogP contribution in [0.4, 0.5) is 11.4 Å². The maximum absolute atomic E-state index is 12.5. The zero-order valence-corrected chi connectivity index (χ0v) is 14.3. The summed E-state index contributed by atoms with van der Waals surface area (Å²) in [6, 6.07) is 21.4. The summed E-state index contributed by atoms with van der Waals surface area (Å²) in [4.78, 5) is 13.6. The van der Waals surface area contributed by atoms with Gasteiger partial charge >= 0.3 is 0 Å². The molecule has 4 aromatic rings. The van der Waals surface area contributed by atoms with Gasteiger partial charge in [-0.05, 0) is 30.3 Å². The van der Waals surface area contributed by atoms with Crippen LogP contribution in [0.1, 0.15) is 4.88 Å². The number of thiophene rings is 1. The van der Waals surface area contributed by atoms with Crippen LogP contribution in [0.2, 0.25) is 0 Å². The molecule has 0 aliphatic heterocycles. The molecule has 2 heterocycles. The van der Waals surface area contributed by atoms with Crippen molar-refractivity contribution in [3.8, 4) is 17.5 Å². The van der Waals surface area contributed by atoms with Gasteiger partial charge in [0, 0.05) is 23.2 Å². The number of nitriles is 1. The van der Waals surface area contributed by atoms with Gasteiger partial charge in [-0.15, -0.1) is 11.3 Å². The second-order valence-electron chi connectivity index (χ2n) is 5.65. The SMILES string of the molecule is N#Cc1sc2c(ccc(=O)n2-c2ccccc2)c1Nc1cccc(O)c1. The van der Waals surface area contributed by atoms with Crippen molar-refractivity contribution >= 4 is 32.9 Å². The lowest BCUT2D eigenvalue weighted by molar-refractivity contribution is 0.475. The number of aromatic nitrogens is 1. The third-order valence-electron chi connectivity index (χ3n) is 3.97. The summed E-state index contributed by atoms with van der Waals surface area (Å²) in [5.74, 6) is 0.134. The van der Waals surface area contributed by atoms with Crippen molar-refractivity contribution in [2.75, 3.05) is 5.32 Å². The van der Waals surface area contributed by atoms with Crippen molar-refractivity contribution in [1.29, 1.82) is 5.26 Å². The van der Waals surface area contributed by atoms with Gasteiger partial charge in [-0.3, -0.25) is 9.36 Å². The van der Waals surface area contributed by atoms with Crippen molar-refractivity contribution < 1.29 is 5.11 Å². The predicted molar refractivity (Wildman–Crippen MR) is 104 cm³/mol. The average Bonchev–Trinajstić information content (AvgIpc) is 3.00. The molecule has 6 heteroatoms. The van der Waals surface area contributed by atoms with Gasteiger partial charge in [0.05, 0.1) is 11.4 Å². The number of para-hydroxylation sites is 1. The molecule has 2 aromatic heterocycles. The quantitative estimate of drug-likeness (QED) is 0.569. The van der Waals surface area contributed by atoms with Crippen LogP contribution >= 0.6 is 11.3 Å². The number of nitrogens with zero attached hydrogens (tertiary/aromatic N) is 2. The number of nitrogens with one attached hydrogen (secondary N) is 1. The third kappa shape index (κ3) is 2.70. The Kier molecular flexibility index (Phi) is 3.92. The van der Waals surface area contributed by atoms with Gasteiger partial charge in [0.25, 0.3) is 5.56 Å². The van der Waals surface area contributed by atoms with Gasteiger partial charge in [0.15, 0.2) is 0 Å². The van der Waals surface area contributed by atoms with Gasteiger partial charge in [-0.25, -0.2) is 0 Å². The summed E-state index contributed by atoms with van der Waals surface area (Å²) < 4.78 is 1.61. The number of benzene rings is 2. The third-order valence-corrected chi connectivity index (χ3v) is 5.07. The van der Waals surface area contributed by atoms with Crippen molar-refractivity contribution in [2.45, 2.75) is 0 Å².